The first kappa shape index (κ1) is 32.4. The third-order valence-corrected chi connectivity index (χ3v) is 7.67. The molecule has 15 heteroatoms. The topological polar surface area (TPSA) is 198 Å². The molecule has 228 valence electrons. The number of allylic oxidation sites excluding steroid dienone is 2. The Labute approximate surface area is 244 Å². The average molecular weight is 611 g/mol. The van der Waals surface area contributed by atoms with E-state index in [2.05, 4.69) is 0 Å². The van der Waals surface area contributed by atoms with Gasteiger partial charge in [-0.3, -0.25) is 28.8 Å². The highest BCUT2D eigenvalue weighted by Crippen LogP contribution is 2.53. The van der Waals surface area contributed by atoms with Crippen LogP contribution >= 0.6 is 11.8 Å². The predicted octanol–water partition coefficient (Wildman–Crippen LogP) is 2.00. The van der Waals surface area contributed by atoms with Gasteiger partial charge in [0.15, 0.2) is 41.4 Å². The van der Waals surface area contributed by atoms with Crippen LogP contribution in [0.1, 0.15) is 62.3 Å². The Morgan fingerprint density at radius 3 is 1.71 bits per heavy atom. The van der Waals surface area contributed by atoms with Gasteiger partial charge >= 0.3 is 23.9 Å². The van der Waals surface area contributed by atoms with E-state index in [-0.39, 0.29) is 16.0 Å². The van der Waals surface area contributed by atoms with Crippen molar-refractivity contribution >= 4 is 47.2 Å². The van der Waals surface area contributed by atoms with E-state index in [9.17, 15) is 39.0 Å². The molecule has 0 saturated carbocycles. The molecule has 1 aliphatic heterocycles. The fraction of sp³-hybridized carbons (Fsp3) is 0.481. The number of phenolic OH excluding ortho intramolecular Hbond substituents is 2. The van der Waals surface area contributed by atoms with E-state index in [1.54, 1.807) is 0 Å². The van der Waals surface area contributed by atoms with Crippen LogP contribution in [0, 0.1) is 0 Å². The first-order valence-corrected chi connectivity index (χ1v) is 13.4. The summed E-state index contributed by atoms with van der Waals surface area (Å²) in [4.78, 5) is 73.6. The maximum Gasteiger partial charge on any atom is 0.303 e. The standard InChI is InChI=1S/C27H30O14S/c1-9-10(2)19(33)17-16(18(9)32)20(34)23(36-7)26(21(17)35)42-27-25(40-14(6)31)24(39-13(5)30)22(38-12(4)29)15(41-27)8-37-11(3)28/h15,22,24-25,27,34-35H,8H2,1-7H3/t15-,22-,24+,25-,27+/m1/s1. The Bertz CT molecular complexity index is 1380. The lowest BCUT2D eigenvalue weighted by Crippen LogP contribution is -2.61. The van der Waals surface area contributed by atoms with Crippen LogP contribution in [0.15, 0.2) is 16.0 Å². The van der Waals surface area contributed by atoms with Gasteiger partial charge in [0, 0.05) is 38.8 Å². The fourth-order valence-electron chi connectivity index (χ4n) is 4.54. The van der Waals surface area contributed by atoms with E-state index in [0.717, 1.165) is 34.8 Å². The number of carbonyl (C=O) groups excluding carboxylic acids is 6. The monoisotopic (exact) mass is 610 g/mol. The molecular weight excluding hydrogens is 580 g/mol. The first-order valence-electron chi connectivity index (χ1n) is 12.5. The van der Waals surface area contributed by atoms with Gasteiger partial charge in [0.1, 0.15) is 23.9 Å². The fourth-order valence-corrected chi connectivity index (χ4v) is 5.81. The quantitative estimate of drug-likeness (QED) is 0.246. The molecule has 0 aromatic heterocycles. The summed E-state index contributed by atoms with van der Waals surface area (Å²) in [5.41, 5.74) is -2.23. The molecule has 0 amide bonds. The van der Waals surface area contributed by atoms with Crippen molar-refractivity contribution in [3.8, 4) is 17.2 Å². The lowest BCUT2D eigenvalue weighted by Gasteiger charge is -2.44. The number of esters is 4. The molecule has 1 heterocycles. The highest BCUT2D eigenvalue weighted by Gasteiger charge is 2.53. The van der Waals surface area contributed by atoms with Crippen LogP contribution < -0.4 is 4.74 Å². The molecule has 42 heavy (non-hydrogen) atoms. The molecule has 1 aliphatic carbocycles. The van der Waals surface area contributed by atoms with Crippen molar-refractivity contribution in [3.63, 3.8) is 0 Å². The predicted molar refractivity (Wildman–Crippen MR) is 141 cm³/mol. The lowest BCUT2D eigenvalue weighted by atomic mass is 9.84. The summed E-state index contributed by atoms with van der Waals surface area (Å²) < 4.78 is 32.6. The summed E-state index contributed by atoms with van der Waals surface area (Å²) >= 11 is 0.588. The Balaban J connectivity index is 2.21. The van der Waals surface area contributed by atoms with Crippen LogP contribution in [0.2, 0.25) is 0 Å². The maximum atomic E-state index is 13.1. The van der Waals surface area contributed by atoms with Crippen LogP contribution in [0.3, 0.4) is 0 Å². The molecule has 0 radical (unpaired) electrons. The van der Waals surface area contributed by atoms with E-state index in [0.29, 0.717) is 11.8 Å². The van der Waals surface area contributed by atoms with E-state index in [1.807, 2.05) is 0 Å². The minimum absolute atomic E-state index is 0.0515. The van der Waals surface area contributed by atoms with Crippen molar-refractivity contribution in [3.05, 3.63) is 22.3 Å². The smallest absolute Gasteiger partial charge is 0.303 e. The first-order chi connectivity index (χ1) is 19.6. The van der Waals surface area contributed by atoms with Crippen LogP contribution in [0.25, 0.3) is 0 Å². The molecule has 5 atom stereocenters. The molecule has 2 N–H and O–H groups in total. The van der Waals surface area contributed by atoms with Gasteiger partial charge < -0.3 is 38.6 Å². The van der Waals surface area contributed by atoms with Crippen LogP contribution in [0.4, 0.5) is 0 Å². The molecule has 0 bridgehead atoms. The molecule has 0 spiro atoms. The molecule has 2 aliphatic rings. The number of benzene rings is 1. The highest BCUT2D eigenvalue weighted by atomic mass is 32.2. The van der Waals surface area contributed by atoms with Crippen molar-refractivity contribution < 1.29 is 67.4 Å². The van der Waals surface area contributed by atoms with Gasteiger partial charge in [0.05, 0.1) is 23.1 Å². The van der Waals surface area contributed by atoms with Crippen molar-refractivity contribution in [2.24, 2.45) is 0 Å². The number of ether oxygens (including phenoxy) is 6. The Kier molecular flexibility index (Phi) is 9.89. The summed E-state index contributed by atoms with van der Waals surface area (Å²) in [7, 11) is 1.14. The van der Waals surface area contributed by atoms with Gasteiger partial charge in [-0.1, -0.05) is 11.8 Å². The number of aromatic hydroxyl groups is 2. The zero-order valence-corrected chi connectivity index (χ0v) is 24.6. The van der Waals surface area contributed by atoms with E-state index >= 15 is 0 Å². The second-order valence-electron chi connectivity index (χ2n) is 9.40. The molecule has 1 aromatic rings. The van der Waals surface area contributed by atoms with Gasteiger partial charge in [-0.05, 0) is 13.8 Å². The van der Waals surface area contributed by atoms with E-state index < -0.39 is 100 Å². The zero-order chi connectivity index (χ0) is 31.6. The SMILES string of the molecule is COc1c(O)c2c(c(O)c1S[C@@H]1O[C@H](COC(C)=O)[C@@H](OC(C)=O)[C@H](OC(C)=O)[C@H]1OC(C)=O)C(=O)C(C)=C(C)C2=O. The Morgan fingerprint density at radius 2 is 1.24 bits per heavy atom. The Morgan fingerprint density at radius 1 is 0.762 bits per heavy atom. The summed E-state index contributed by atoms with van der Waals surface area (Å²) in [5, 5.41) is 22.3. The number of hydrogen-bond acceptors (Lipinski definition) is 15. The second kappa shape index (κ2) is 12.8. The minimum Gasteiger partial charge on any atom is -0.506 e. The molecule has 14 nitrogen and oxygen atoms in total. The van der Waals surface area contributed by atoms with Crippen LogP contribution in [-0.2, 0) is 42.9 Å². The zero-order valence-electron chi connectivity index (χ0n) is 23.8. The number of thioether (sulfide) groups is 1. The molecule has 1 fully saturated rings. The number of ketones is 2. The van der Waals surface area contributed by atoms with Gasteiger partial charge in [-0.2, -0.15) is 0 Å². The minimum atomic E-state index is -1.52. The van der Waals surface area contributed by atoms with Crippen molar-refractivity contribution in [2.45, 2.75) is 76.3 Å². The van der Waals surface area contributed by atoms with Gasteiger partial charge in [-0.25, -0.2) is 0 Å². The number of hydrogen-bond donors (Lipinski definition) is 2. The maximum absolute atomic E-state index is 13.1. The normalized spacial score (nSPS) is 23.5. The lowest BCUT2D eigenvalue weighted by molar-refractivity contribution is -0.237. The highest BCUT2D eigenvalue weighted by molar-refractivity contribution is 8.00. The third-order valence-electron chi connectivity index (χ3n) is 6.44. The van der Waals surface area contributed by atoms with Crippen molar-refractivity contribution in [1.82, 2.24) is 0 Å². The summed E-state index contributed by atoms with van der Waals surface area (Å²) in [6.45, 7) is 6.62. The average Bonchev–Trinajstić information content (AvgIpc) is 2.89. The number of Topliss-reactive ketones (excluding diaryl/α,β-unsaturated/α-hetero) is 2. The largest absolute Gasteiger partial charge is 0.506 e. The number of methoxy groups -OCH3 is 1. The number of phenols is 2. The Hall–Kier alpha value is -4.11. The summed E-state index contributed by atoms with van der Waals surface area (Å²) in [5.74, 6) is -6.52. The van der Waals surface area contributed by atoms with Crippen LogP contribution in [0.5, 0.6) is 17.2 Å². The molecule has 3 rings (SSSR count). The number of rotatable bonds is 8. The number of carbonyl (C=O) groups is 6. The molecular formula is C27H30O14S. The molecule has 1 aromatic carbocycles. The molecule has 1 saturated heterocycles. The van der Waals surface area contributed by atoms with Crippen molar-refractivity contribution in [2.75, 3.05) is 13.7 Å². The molecule has 0 unspecified atom stereocenters. The summed E-state index contributed by atoms with van der Waals surface area (Å²) in [6.07, 6.45) is -5.73. The van der Waals surface area contributed by atoms with Gasteiger partial charge in [0.25, 0.3) is 0 Å². The second-order valence-corrected chi connectivity index (χ2v) is 10.5. The van der Waals surface area contributed by atoms with E-state index in [4.69, 9.17) is 28.4 Å². The third kappa shape index (κ3) is 6.36. The van der Waals surface area contributed by atoms with Gasteiger partial charge in [0.2, 0.25) is 0 Å². The van der Waals surface area contributed by atoms with E-state index in [1.165, 1.54) is 13.8 Å². The summed E-state index contributed by atoms with van der Waals surface area (Å²) in [6, 6.07) is 0. The van der Waals surface area contributed by atoms with Crippen molar-refractivity contribution in [1.29, 1.82) is 0 Å². The number of fused-ring (bicyclic) bond motifs is 1. The van der Waals surface area contributed by atoms with Crippen LogP contribution in [-0.4, -0.2) is 89.2 Å². The van der Waals surface area contributed by atoms with Gasteiger partial charge in [-0.15, -0.1) is 0 Å².